The van der Waals surface area contributed by atoms with Crippen molar-refractivity contribution in [2.75, 3.05) is 5.32 Å². The third kappa shape index (κ3) is 5.96. The normalized spacial score (nSPS) is 11.4. The maximum atomic E-state index is 12.6. The number of anilines is 1. The van der Waals surface area contributed by atoms with Crippen molar-refractivity contribution in [3.63, 3.8) is 0 Å². The highest BCUT2D eigenvalue weighted by Crippen LogP contribution is 2.22. The molecular formula is C24H27N7O4S. The van der Waals surface area contributed by atoms with Crippen molar-refractivity contribution in [1.29, 1.82) is 0 Å². The number of benzene rings is 2. The molecule has 11 nitrogen and oxygen atoms in total. The van der Waals surface area contributed by atoms with Gasteiger partial charge in [0, 0.05) is 30.9 Å². The molecule has 3 N–H and O–H groups in total. The molecule has 0 saturated heterocycles. The van der Waals surface area contributed by atoms with Crippen LogP contribution in [0.1, 0.15) is 29.1 Å². The molecular weight excluding hydrogens is 482 g/mol. The number of carbonyl (C=O) groups is 1. The lowest BCUT2D eigenvalue weighted by atomic mass is 10.1. The summed E-state index contributed by atoms with van der Waals surface area (Å²) in [5.74, 6) is 0.477. The molecule has 188 valence electrons. The van der Waals surface area contributed by atoms with Crippen LogP contribution in [0.15, 0.2) is 59.6 Å². The first-order chi connectivity index (χ1) is 17.1. The number of rotatable bonds is 9. The van der Waals surface area contributed by atoms with Crippen LogP contribution in [0.25, 0.3) is 5.69 Å². The predicted octanol–water partition coefficient (Wildman–Crippen LogP) is 2.42. The minimum atomic E-state index is -3.77. The van der Waals surface area contributed by atoms with Crippen molar-refractivity contribution in [3.8, 4) is 11.4 Å². The molecule has 0 aliphatic carbocycles. The van der Waals surface area contributed by atoms with Gasteiger partial charge in [0.15, 0.2) is 0 Å². The molecule has 0 saturated carbocycles. The van der Waals surface area contributed by atoms with E-state index in [0.29, 0.717) is 29.2 Å². The van der Waals surface area contributed by atoms with Crippen LogP contribution in [0, 0.1) is 13.8 Å². The second-order valence-electron chi connectivity index (χ2n) is 8.35. The van der Waals surface area contributed by atoms with E-state index in [1.54, 1.807) is 52.9 Å². The van der Waals surface area contributed by atoms with Crippen molar-refractivity contribution in [2.45, 2.75) is 38.2 Å². The molecule has 4 rings (SSSR count). The topological polar surface area (TPSA) is 147 Å². The largest absolute Gasteiger partial charge is 0.487 e. The molecule has 12 heteroatoms. The van der Waals surface area contributed by atoms with Gasteiger partial charge < -0.3 is 10.1 Å². The summed E-state index contributed by atoms with van der Waals surface area (Å²) >= 11 is 0. The number of nitrogens with zero attached hydrogens (tertiary/aromatic N) is 5. The van der Waals surface area contributed by atoms with Crippen LogP contribution in [0.2, 0.25) is 0 Å². The standard InChI is InChI=1S/C24H27N7O4S/c1-16-23(17(2)31(28-16)20-7-9-22(10-8-20)36(25,33)34)11-12-24(32)26-18-5-4-6-21(13-18)35-15-19-14-30(3)29-27-19/h4-10,13-14H,11-12,15H2,1-3H3,(H,26,32)(H2,25,33,34). The first-order valence-corrected chi connectivity index (χ1v) is 12.7. The van der Waals surface area contributed by atoms with Gasteiger partial charge in [-0.3, -0.25) is 9.48 Å². The SMILES string of the molecule is Cc1nn(-c2ccc(S(N)(=O)=O)cc2)c(C)c1CCC(=O)Nc1cccc(OCc2cn(C)nn2)c1. The van der Waals surface area contributed by atoms with Crippen molar-refractivity contribution in [2.24, 2.45) is 12.2 Å². The Kier molecular flexibility index (Phi) is 7.17. The van der Waals surface area contributed by atoms with Crippen LogP contribution in [-0.2, 0) is 34.9 Å². The summed E-state index contributed by atoms with van der Waals surface area (Å²) in [6.45, 7) is 4.07. The molecule has 4 aromatic rings. The molecule has 1 amide bonds. The lowest BCUT2D eigenvalue weighted by Gasteiger charge is -2.09. The Morgan fingerprint density at radius 3 is 2.56 bits per heavy atom. The number of aromatic nitrogens is 5. The number of hydrogen-bond donors (Lipinski definition) is 2. The molecule has 0 aliphatic rings. The van der Waals surface area contributed by atoms with Crippen LogP contribution < -0.4 is 15.2 Å². The Labute approximate surface area is 208 Å². The van der Waals surface area contributed by atoms with Crippen LogP contribution in [0.4, 0.5) is 5.69 Å². The van der Waals surface area contributed by atoms with Crippen LogP contribution in [0.3, 0.4) is 0 Å². The van der Waals surface area contributed by atoms with Crippen LogP contribution in [-0.4, -0.2) is 39.1 Å². The number of sulfonamides is 1. The van der Waals surface area contributed by atoms with Gasteiger partial charge in [-0.2, -0.15) is 5.10 Å². The third-order valence-corrected chi connectivity index (χ3v) is 6.54. The van der Waals surface area contributed by atoms with E-state index in [-0.39, 0.29) is 23.8 Å². The van der Waals surface area contributed by atoms with Crippen molar-refractivity contribution in [3.05, 3.63) is 77.4 Å². The maximum absolute atomic E-state index is 12.6. The van der Waals surface area contributed by atoms with E-state index in [9.17, 15) is 13.2 Å². The smallest absolute Gasteiger partial charge is 0.238 e. The third-order valence-electron chi connectivity index (χ3n) is 5.61. The lowest BCUT2D eigenvalue weighted by Crippen LogP contribution is -2.13. The van der Waals surface area contributed by atoms with E-state index in [2.05, 4.69) is 20.7 Å². The van der Waals surface area contributed by atoms with Gasteiger partial charge in [0.25, 0.3) is 0 Å². The number of amides is 1. The van der Waals surface area contributed by atoms with Crippen molar-refractivity contribution < 1.29 is 17.9 Å². The molecule has 0 spiro atoms. The number of ether oxygens (including phenoxy) is 1. The second kappa shape index (κ2) is 10.3. The Hall–Kier alpha value is -4.03. The van der Waals surface area contributed by atoms with E-state index >= 15 is 0 Å². The molecule has 2 aromatic carbocycles. The monoisotopic (exact) mass is 509 g/mol. The fourth-order valence-electron chi connectivity index (χ4n) is 3.81. The average Bonchev–Trinajstić information content (AvgIpc) is 3.38. The number of hydrogen-bond acceptors (Lipinski definition) is 7. The number of nitrogens with one attached hydrogen (secondary N) is 1. The van der Waals surface area contributed by atoms with Crippen LogP contribution in [0.5, 0.6) is 5.75 Å². The van der Waals surface area contributed by atoms with Gasteiger partial charge in [0.1, 0.15) is 18.1 Å². The Balaban J connectivity index is 1.37. The lowest BCUT2D eigenvalue weighted by molar-refractivity contribution is -0.116. The van der Waals surface area contributed by atoms with Gasteiger partial charge in [0.05, 0.1) is 22.5 Å². The number of aryl methyl sites for hydroxylation is 2. The fraction of sp³-hybridized carbons (Fsp3) is 0.250. The maximum Gasteiger partial charge on any atom is 0.238 e. The van der Waals surface area contributed by atoms with Crippen LogP contribution >= 0.6 is 0 Å². The fourth-order valence-corrected chi connectivity index (χ4v) is 4.32. The summed E-state index contributed by atoms with van der Waals surface area (Å²) in [6.07, 6.45) is 2.54. The highest BCUT2D eigenvalue weighted by Gasteiger charge is 2.15. The Morgan fingerprint density at radius 2 is 1.89 bits per heavy atom. The predicted molar refractivity (Wildman–Crippen MR) is 133 cm³/mol. The number of nitrogens with two attached hydrogens (primary N) is 1. The second-order valence-corrected chi connectivity index (χ2v) is 9.91. The summed E-state index contributed by atoms with van der Waals surface area (Å²) in [4.78, 5) is 12.7. The molecule has 0 aliphatic heterocycles. The summed E-state index contributed by atoms with van der Waals surface area (Å²) in [7, 11) is -1.98. The summed E-state index contributed by atoms with van der Waals surface area (Å²) in [6, 6.07) is 13.4. The molecule has 0 bridgehead atoms. The first-order valence-electron chi connectivity index (χ1n) is 11.2. The summed E-state index contributed by atoms with van der Waals surface area (Å²) < 4.78 is 32.1. The van der Waals surface area contributed by atoms with E-state index < -0.39 is 10.0 Å². The highest BCUT2D eigenvalue weighted by molar-refractivity contribution is 7.89. The minimum absolute atomic E-state index is 0.0351. The quantitative estimate of drug-likeness (QED) is 0.352. The van der Waals surface area contributed by atoms with Crippen molar-refractivity contribution in [1.82, 2.24) is 24.8 Å². The number of primary sulfonamides is 1. The zero-order chi connectivity index (χ0) is 25.9. The van der Waals surface area contributed by atoms with Gasteiger partial charge in [-0.05, 0) is 62.2 Å². The molecule has 0 unspecified atom stereocenters. The van der Waals surface area contributed by atoms with Gasteiger partial charge in [0.2, 0.25) is 15.9 Å². The van der Waals surface area contributed by atoms with E-state index in [4.69, 9.17) is 9.88 Å². The molecule has 2 aromatic heterocycles. The number of carbonyl (C=O) groups excluding carboxylic acids is 1. The Morgan fingerprint density at radius 1 is 1.14 bits per heavy atom. The van der Waals surface area contributed by atoms with Crippen molar-refractivity contribution >= 4 is 21.6 Å². The average molecular weight is 510 g/mol. The van der Waals surface area contributed by atoms with E-state index in [1.165, 1.54) is 12.1 Å². The van der Waals surface area contributed by atoms with E-state index in [0.717, 1.165) is 17.0 Å². The zero-order valence-corrected chi connectivity index (χ0v) is 21.0. The summed E-state index contributed by atoms with van der Waals surface area (Å²) in [5.41, 5.74) is 4.69. The molecule has 2 heterocycles. The first kappa shape index (κ1) is 25.1. The summed E-state index contributed by atoms with van der Waals surface area (Å²) in [5, 5.41) is 20.5. The molecule has 0 atom stereocenters. The zero-order valence-electron chi connectivity index (χ0n) is 20.2. The Bertz CT molecular complexity index is 1490. The highest BCUT2D eigenvalue weighted by atomic mass is 32.2. The van der Waals surface area contributed by atoms with E-state index in [1.807, 2.05) is 19.9 Å². The molecule has 0 fully saturated rings. The van der Waals surface area contributed by atoms with Gasteiger partial charge >= 0.3 is 0 Å². The minimum Gasteiger partial charge on any atom is -0.487 e. The molecule has 0 radical (unpaired) electrons. The van der Waals surface area contributed by atoms with Gasteiger partial charge in [-0.25, -0.2) is 18.2 Å². The van der Waals surface area contributed by atoms with Gasteiger partial charge in [-0.15, -0.1) is 5.10 Å². The van der Waals surface area contributed by atoms with Gasteiger partial charge in [-0.1, -0.05) is 11.3 Å². The molecule has 36 heavy (non-hydrogen) atoms.